The van der Waals surface area contributed by atoms with Gasteiger partial charge in [0.1, 0.15) is 5.78 Å². The average Bonchev–Trinajstić information content (AvgIpc) is 2.75. The van der Waals surface area contributed by atoms with Crippen LogP contribution in [0.15, 0.2) is 29.8 Å². The van der Waals surface area contributed by atoms with Gasteiger partial charge in [-0.15, -0.1) is 0 Å². The van der Waals surface area contributed by atoms with Crippen LogP contribution in [0.4, 0.5) is 0 Å². The third kappa shape index (κ3) is 1.45. The molecule has 0 aliphatic heterocycles. The predicted octanol–water partition coefficient (Wildman–Crippen LogP) is 3.83. The summed E-state index contributed by atoms with van der Waals surface area (Å²) in [5, 5.41) is 0. The second-order valence-corrected chi connectivity index (χ2v) is 6.56. The van der Waals surface area contributed by atoms with Crippen LogP contribution in [0.5, 0.6) is 0 Å². The van der Waals surface area contributed by atoms with Gasteiger partial charge in [-0.1, -0.05) is 36.8 Å². The van der Waals surface area contributed by atoms with Crippen molar-refractivity contribution in [3.8, 4) is 0 Å². The van der Waals surface area contributed by atoms with E-state index in [9.17, 15) is 4.79 Å². The van der Waals surface area contributed by atoms with Crippen molar-refractivity contribution in [2.24, 2.45) is 11.3 Å². The van der Waals surface area contributed by atoms with E-state index in [0.717, 1.165) is 32.1 Å². The zero-order chi connectivity index (χ0) is 13.0. The summed E-state index contributed by atoms with van der Waals surface area (Å²) in [6.45, 7) is 2.21. The Morgan fingerprint density at radius 2 is 2.26 bits per heavy atom. The molecule has 1 nitrogen and oxygen atoms in total. The molecule has 4 rings (SSSR count). The van der Waals surface area contributed by atoms with E-state index in [1.54, 1.807) is 5.57 Å². The second kappa shape index (κ2) is 3.82. The first kappa shape index (κ1) is 11.5. The molecule has 0 spiro atoms. The van der Waals surface area contributed by atoms with E-state index < -0.39 is 0 Å². The molecule has 97 valence electrons. The number of hydrogen-bond acceptors (Lipinski definition) is 1. The summed E-state index contributed by atoms with van der Waals surface area (Å²) in [5.74, 6) is 1.59. The van der Waals surface area contributed by atoms with E-state index >= 15 is 0 Å². The number of benzene rings is 1. The van der Waals surface area contributed by atoms with Crippen LogP contribution in [-0.4, -0.2) is 5.78 Å². The molecule has 2 saturated carbocycles. The topological polar surface area (TPSA) is 17.1 Å². The van der Waals surface area contributed by atoms with Crippen molar-refractivity contribution in [1.29, 1.82) is 0 Å². The summed E-state index contributed by atoms with van der Waals surface area (Å²) in [5.41, 5.74) is 4.45. The predicted molar refractivity (Wildman–Crippen MR) is 74.9 cm³/mol. The molecule has 19 heavy (non-hydrogen) atoms. The van der Waals surface area contributed by atoms with Gasteiger partial charge in [0, 0.05) is 17.8 Å². The first-order chi connectivity index (χ1) is 9.20. The highest BCUT2D eigenvalue weighted by molar-refractivity contribution is 5.88. The molecule has 0 unspecified atom stereocenters. The molecule has 0 saturated heterocycles. The van der Waals surface area contributed by atoms with Crippen molar-refractivity contribution in [3.63, 3.8) is 0 Å². The minimum absolute atomic E-state index is 0.0548. The Labute approximate surface area is 114 Å². The van der Waals surface area contributed by atoms with E-state index in [1.807, 2.05) is 6.07 Å². The van der Waals surface area contributed by atoms with E-state index in [0.29, 0.717) is 17.6 Å². The Morgan fingerprint density at radius 1 is 1.37 bits per heavy atom. The van der Waals surface area contributed by atoms with E-state index in [1.165, 1.54) is 11.1 Å². The molecule has 0 aromatic heterocycles. The molecule has 0 amide bonds. The summed E-state index contributed by atoms with van der Waals surface area (Å²) >= 11 is 0. The maximum Gasteiger partial charge on any atom is 0.139 e. The van der Waals surface area contributed by atoms with Gasteiger partial charge in [0.25, 0.3) is 0 Å². The third-order valence-corrected chi connectivity index (χ3v) is 5.74. The smallest absolute Gasteiger partial charge is 0.139 e. The lowest BCUT2D eigenvalue weighted by molar-refractivity contribution is -0.126. The molecule has 1 aromatic rings. The highest BCUT2D eigenvalue weighted by atomic mass is 16.1. The van der Waals surface area contributed by atoms with Gasteiger partial charge in [0.05, 0.1) is 0 Å². The standard InChI is InChI=1S/C18H19O/c1-18-11-10-14-13-5-3-2-4-12(13)6-7-15(14)16(18)8-9-17(18)19/h3-5,7,14,16H,6,8-11H2,1H3/t14-,16+,18+/m1/s1. The van der Waals surface area contributed by atoms with Crippen molar-refractivity contribution >= 4 is 5.78 Å². The van der Waals surface area contributed by atoms with Crippen LogP contribution >= 0.6 is 0 Å². The van der Waals surface area contributed by atoms with Crippen LogP contribution in [0, 0.1) is 17.4 Å². The molecule has 1 radical (unpaired) electrons. The number of carbonyl (C=O) groups is 1. The highest BCUT2D eigenvalue weighted by Crippen LogP contribution is 2.57. The second-order valence-electron chi connectivity index (χ2n) is 6.56. The maximum absolute atomic E-state index is 12.2. The van der Waals surface area contributed by atoms with Crippen LogP contribution in [0.3, 0.4) is 0 Å². The van der Waals surface area contributed by atoms with E-state index in [4.69, 9.17) is 0 Å². The summed E-state index contributed by atoms with van der Waals surface area (Å²) in [6.07, 6.45) is 7.52. The van der Waals surface area contributed by atoms with Crippen molar-refractivity contribution in [3.05, 3.63) is 47.0 Å². The fourth-order valence-electron chi connectivity index (χ4n) is 4.62. The number of allylic oxidation sites excluding steroid dienone is 2. The number of ketones is 1. The molecule has 0 heterocycles. The molecule has 1 heteroatoms. The summed E-state index contributed by atoms with van der Waals surface area (Å²) in [7, 11) is 0. The van der Waals surface area contributed by atoms with Crippen LogP contribution in [0.2, 0.25) is 0 Å². The minimum Gasteiger partial charge on any atom is -0.299 e. The van der Waals surface area contributed by atoms with Gasteiger partial charge in [0.2, 0.25) is 0 Å². The zero-order valence-electron chi connectivity index (χ0n) is 11.4. The molecule has 2 fully saturated rings. The van der Waals surface area contributed by atoms with E-state index in [2.05, 4.69) is 31.2 Å². The Morgan fingerprint density at radius 3 is 3.16 bits per heavy atom. The average molecular weight is 251 g/mol. The molecule has 3 aliphatic carbocycles. The minimum atomic E-state index is -0.0548. The zero-order valence-corrected chi connectivity index (χ0v) is 11.4. The van der Waals surface area contributed by atoms with Crippen molar-refractivity contribution in [2.75, 3.05) is 0 Å². The molecule has 3 aliphatic rings. The quantitative estimate of drug-likeness (QED) is 0.640. The summed E-state index contributed by atoms with van der Waals surface area (Å²) < 4.78 is 0. The summed E-state index contributed by atoms with van der Waals surface area (Å²) in [6, 6.07) is 9.61. The fourth-order valence-corrected chi connectivity index (χ4v) is 4.62. The van der Waals surface area contributed by atoms with Crippen LogP contribution in [-0.2, 0) is 11.2 Å². The van der Waals surface area contributed by atoms with Gasteiger partial charge >= 0.3 is 0 Å². The Balaban J connectivity index is 1.79. The normalized spacial score (nSPS) is 36.3. The summed E-state index contributed by atoms with van der Waals surface area (Å²) in [4.78, 5) is 12.2. The van der Waals surface area contributed by atoms with Gasteiger partial charge in [0.15, 0.2) is 0 Å². The van der Waals surface area contributed by atoms with Gasteiger partial charge in [-0.2, -0.15) is 0 Å². The highest BCUT2D eigenvalue weighted by Gasteiger charge is 2.51. The van der Waals surface area contributed by atoms with Gasteiger partial charge in [-0.05, 0) is 48.8 Å². The van der Waals surface area contributed by atoms with Gasteiger partial charge in [-0.3, -0.25) is 4.79 Å². The first-order valence-electron chi connectivity index (χ1n) is 7.42. The third-order valence-electron chi connectivity index (χ3n) is 5.74. The van der Waals surface area contributed by atoms with Gasteiger partial charge in [-0.25, -0.2) is 0 Å². The van der Waals surface area contributed by atoms with Crippen molar-refractivity contribution < 1.29 is 4.79 Å². The number of carbonyl (C=O) groups excluding carboxylic acids is 1. The fraction of sp³-hybridized carbons (Fsp3) is 0.500. The lowest BCUT2D eigenvalue weighted by Crippen LogP contribution is -2.37. The Bertz CT molecular complexity index is 583. The number of Topliss-reactive ketones (excluding diaryl/α,β-unsaturated/α-hetero) is 1. The molecule has 0 bridgehead atoms. The van der Waals surface area contributed by atoms with Crippen molar-refractivity contribution in [1.82, 2.24) is 0 Å². The number of hydrogen-bond donors (Lipinski definition) is 0. The maximum atomic E-state index is 12.2. The number of rotatable bonds is 0. The van der Waals surface area contributed by atoms with Crippen LogP contribution in [0.25, 0.3) is 0 Å². The Kier molecular flexibility index (Phi) is 2.30. The number of fused-ring (bicyclic) bond motifs is 5. The van der Waals surface area contributed by atoms with Crippen LogP contribution in [0.1, 0.15) is 49.7 Å². The molecule has 3 atom stereocenters. The molecule has 0 N–H and O–H groups in total. The molecular formula is C18H19O. The molecule has 1 aromatic carbocycles. The van der Waals surface area contributed by atoms with Crippen molar-refractivity contribution in [2.45, 2.75) is 44.9 Å². The Hall–Kier alpha value is -1.37. The van der Waals surface area contributed by atoms with E-state index in [-0.39, 0.29) is 5.41 Å². The lowest BCUT2D eigenvalue weighted by atomic mass is 9.60. The van der Waals surface area contributed by atoms with Gasteiger partial charge < -0.3 is 0 Å². The first-order valence-corrected chi connectivity index (χ1v) is 7.42. The lowest BCUT2D eigenvalue weighted by Gasteiger charge is -2.43. The SMILES string of the molecule is C[C@]12CC[C@H]3C(=CCc4c[c]ccc43)[C@@H]1CCC2=O. The largest absolute Gasteiger partial charge is 0.299 e. The molecular weight excluding hydrogens is 232 g/mol. The monoisotopic (exact) mass is 251 g/mol. The van der Waals surface area contributed by atoms with Crippen LogP contribution < -0.4 is 0 Å².